The van der Waals surface area contributed by atoms with Crippen molar-refractivity contribution in [1.29, 1.82) is 0 Å². The molecule has 8 rings (SSSR count). The fourth-order valence-corrected chi connectivity index (χ4v) is 9.24. The number of ketones is 2. The summed E-state index contributed by atoms with van der Waals surface area (Å²) in [6, 6.07) is 4.26. The zero-order valence-corrected chi connectivity index (χ0v) is 32.4. The Bertz CT molecular complexity index is 2160. The van der Waals surface area contributed by atoms with Crippen LogP contribution in [-0.2, 0) is 24.5 Å². The minimum atomic E-state index is -0.970. The van der Waals surface area contributed by atoms with E-state index in [1.54, 1.807) is 33.8 Å². The number of fused-ring (bicyclic) bond motifs is 4. The van der Waals surface area contributed by atoms with Gasteiger partial charge < -0.3 is 48.5 Å². The van der Waals surface area contributed by atoms with Crippen LogP contribution in [0.5, 0.6) is 5.75 Å². The minimum absolute atomic E-state index is 0.00321. The van der Waals surface area contributed by atoms with Crippen molar-refractivity contribution in [2.75, 3.05) is 28.2 Å². The Balaban J connectivity index is 1.34. The fourth-order valence-electron chi connectivity index (χ4n) is 9.24. The number of phenolic OH excluding ortho intramolecular Hbond substituents is 1. The van der Waals surface area contributed by atoms with Gasteiger partial charge in [0.1, 0.15) is 29.3 Å². The van der Waals surface area contributed by atoms with E-state index in [4.69, 9.17) is 23.4 Å². The van der Waals surface area contributed by atoms with Gasteiger partial charge in [-0.15, -0.1) is 0 Å². The average molecular weight is 747 g/mol. The molecule has 1 aliphatic carbocycles. The number of benzene rings is 2. The second-order valence-corrected chi connectivity index (χ2v) is 16.9. The van der Waals surface area contributed by atoms with Crippen LogP contribution >= 0.6 is 0 Å². The number of phenols is 1. The van der Waals surface area contributed by atoms with E-state index in [-0.39, 0.29) is 87.2 Å². The highest BCUT2D eigenvalue weighted by Gasteiger charge is 2.66. The third-order valence-electron chi connectivity index (χ3n) is 13.0. The summed E-state index contributed by atoms with van der Waals surface area (Å²) in [5.41, 5.74) is -1.39. The maximum atomic E-state index is 15.1. The van der Waals surface area contributed by atoms with Crippen LogP contribution in [0.1, 0.15) is 114 Å². The van der Waals surface area contributed by atoms with Crippen LogP contribution in [-0.4, -0.2) is 119 Å². The number of aryl methyl sites for hydroxylation is 1. The van der Waals surface area contributed by atoms with E-state index in [2.05, 4.69) is 0 Å². The Morgan fingerprint density at radius 3 is 2.11 bits per heavy atom. The summed E-state index contributed by atoms with van der Waals surface area (Å²) in [5.74, 6) is -1.42. The number of nitrogens with zero attached hydrogens (tertiary/aromatic N) is 2. The lowest BCUT2D eigenvalue weighted by atomic mass is 9.74. The van der Waals surface area contributed by atoms with Crippen molar-refractivity contribution in [3.63, 3.8) is 0 Å². The summed E-state index contributed by atoms with van der Waals surface area (Å²) in [5, 5.41) is 34.7. The lowest BCUT2D eigenvalue weighted by molar-refractivity contribution is -0.176. The Morgan fingerprint density at radius 2 is 1.48 bits per heavy atom. The highest BCUT2D eigenvalue weighted by molar-refractivity contribution is 6.33. The number of epoxide rings is 2. The van der Waals surface area contributed by atoms with Gasteiger partial charge in [0.05, 0.1) is 59.2 Å². The molecule has 5 heterocycles. The normalized spacial score (nSPS) is 37.5. The predicted molar refractivity (Wildman–Crippen MR) is 196 cm³/mol. The zero-order valence-electron chi connectivity index (χ0n) is 32.4. The number of hydrogen-bond acceptors (Lipinski definition) is 13. The molecule has 0 bridgehead atoms. The molecule has 1 aromatic heterocycles. The Hall–Kier alpha value is -3.53. The molecule has 5 aliphatic rings. The molecule has 4 aliphatic heterocycles. The van der Waals surface area contributed by atoms with Gasteiger partial charge in [-0.25, -0.2) is 0 Å². The minimum Gasteiger partial charge on any atom is -0.507 e. The number of likely N-dealkylation sites (N-methyl/N-ethyl adjacent to an activating group) is 2. The van der Waals surface area contributed by atoms with Crippen molar-refractivity contribution in [3.8, 4) is 5.75 Å². The first kappa shape index (κ1) is 37.4. The maximum Gasteiger partial charge on any atom is 0.202 e. The number of carbonyl (C=O) groups excluding carboxylic acids is 2. The van der Waals surface area contributed by atoms with E-state index in [1.807, 2.05) is 51.8 Å². The highest BCUT2D eigenvalue weighted by Crippen LogP contribution is 2.54. The topological polar surface area (TPSA) is 175 Å². The van der Waals surface area contributed by atoms with E-state index in [0.717, 1.165) is 0 Å². The van der Waals surface area contributed by atoms with Crippen molar-refractivity contribution < 1.29 is 48.3 Å². The zero-order chi connectivity index (χ0) is 39.1. The molecule has 3 N–H and O–H groups in total. The van der Waals surface area contributed by atoms with Crippen molar-refractivity contribution in [2.45, 2.75) is 127 Å². The lowest BCUT2D eigenvalue weighted by Crippen LogP contribution is -2.59. The smallest absolute Gasteiger partial charge is 0.202 e. The van der Waals surface area contributed by atoms with E-state index in [0.29, 0.717) is 11.1 Å². The van der Waals surface area contributed by atoms with Gasteiger partial charge in [-0.3, -0.25) is 14.4 Å². The molecule has 3 aromatic rings. The summed E-state index contributed by atoms with van der Waals surface area (Å²) in [7, 11) is 7.45. The second-order valence-electron chi connectivity index (χ2n) is 16.9. The first-order valence-electron chi connectivity index (χ1n) is 18.7. The summed E-state index contributed by atoms with van der Waals surface area (Å²) in [6.45, 7) is 10.9. The molecule has 0 saturated carbocycles. The summed E-state index contributed by atoms with van der Waals surface area (Å²) < 4.78 is 30.9. The van der Waals surface area contributed by atoms with Crippen LogP contribution in [0.2, 0.25) is 0 Å². The Labute approximate surface area is 313 Å². The molecular formula is C41H50N2O11. The molecule has 0 spiro atoms. The number of aliphatic hydroxyl groups is 2. The molecule has 4 fully saturated rings. The molecule has 4 saturated heterocycles. The second kappa shape index (κ2) is 12.5. The molecule has 2 aromatic carbocycles. The molecule has 0 radical (unpaired) electrons. The molecule has 54 heavy (non-hydrogen) atoms. The standard InChI is InChI=1S/C41H50N2O11/c1-16-11-22-30(37-28(16)24(44)14-27(53-37)41(6)39(54-41)36-18(3)52-36)35(48)31-29(34(22)47)20(25-13-23(42(7)8)32(45)17(2)50-25)12-21(33(31)46)26-15-40(5,43(9)10)38(49)19(4)51-26/h11-12,14,17-19,23,25-26,32,36,38-39,45-46,49H,13,15H2,1-10H3/t17-,18+,19-,23-,25-,26-,32-,36+,38-,39+,40+,41+/m1/s1. The summed E-state index contributed by atoms with van der Waals surface area (Å²) in [4.78, 5) is 47.7. The number of carbonyl (C=O) groups is 2. The largest absolute Gasteiger partial charge is 0.507 e. The fraction of sp³-hybridized carbons (Fsp3) is 0.585. The molecule has 13 heteroatoms. The molecule has 290 valence electrons. The highest BCUT2D eigenvalue weighted by atomic mass is 16.7. The molecular weight excluding hydrogens is 696 g/mol. The lowest BCUT2D eigenvalue weighted by Gasteiger charge is -2.49. The van der Waals surface area contributed by atoms with Gasteiger partial charge in [-0.2, -0.15) is 0 Å². The van der Waals surface area contributed by atoms with Gasteiger partial charge in [-0.05, 0) is 106 Å². The Kier molecular flexibility index (Phi) is 8.65. The third kappa shape index (κ3) is 5.38. The van der Waals surface area contributed by atoms with Gasteiger partial charge in [0, 0.05) is 34.3 Å². The number of ether oxygens (including phenoxy) is 4. The van der Waals surface area contributed by atoms with Crippen molar-refractivity contribution >= 4 is 22.5 Å². The van der Waals surface area contributed by atoms with Gasteiger partial charge in [-0.1, -0.05) is 0 Å². The van der Waals surface area contributed by atoms with Gasteiger partial charge >= 0.3 is 0 Å². The van der Waals surface area contributed by atoms with Crippen LogP contribution in [0.4, 0.5) is 0 Å². The molecule has 12 atom stereocenters. The van der Waals surface area contributed by atoms with Gasteiger partial charge in [0.25, 0.3) is 0 Å². The van der Waals surface area contributed by atoms with Crippen molar-refractivity contribution in [3.05, 3.63) is 73.1 Å². The number of aliphatic hydroxyl groups excluding tert-OH is 2. The molecule has 0 unspecified atom stereocenters. The van der Waals surface area contributed by atoms with Crippen LogP contribution in [0.25, 0.3) is 11.0 Å². The Morgan fingerprint density at radius 1 is 0.815 bits per heavy atom. The average Bonchev–Trinajstić information content (AvgIpc) is 4.01. The number of aromatic hydroxyl groups is 1. The quantitative estimate of drug-likeness (QED) is 0.244. The summed E-state index contributed by atoms with van der Waals surface area (Å²) >= 11 is 0. The van der Waals surface area contributed by atoms with E-state index >= 15 is 4.79 Å². The maximum absolute atomic E-state index is 15.1. The summed E-state index contributed by atoms with van der Waals surface area (Å²) in [6.07, 6.45) is -4.44. The molecule has 13 nitrogen and oxygen atoms in total. The first-order chi connectivity index (χ1) is 25.3. The van der Waals surface area contributed by atoms with Gasteiger partial charge in [0.15, 0.2) is 16.8 Å². The van der Waals surface area contributed by atoms with Crippen LogP contribution in [0.3, 0.4) is 0 Å². The van der Waals surface area contributed by atoms with Crippen LogP contribution < -0.4 is 5.43 Å². The third-order valence-corrected chi connectivity index (χ3v) is 13.0. The van der Waals surface area contributed by atoms with E-state index in [9.17, 15) is 24.9 Å². The monoisotopic (exact) mass is 746 g/mol. The number of rotatable bonds is 6. The van der Waals surface area contributed by atoms with E-state index < -0.39 is 65.1 Å². The van der Waals surface area contributed by atoms with Crippen molar-refractivity contribution in [1.82, 2.24) is 9.80 Å². The van der Waals surface area contributed by atoms with Crippen LogP contribution in [0, 0.1) is 6.92 Å². The first-order valence-corrected chi connectivity index (χ1v) is 18.7. The molecule has 0 amide bonds. The SMILES string of the molecule is Cc1cc2c(c3oc([C@]4(C)O[C@H]4[C@H]4O[C@H]4C)cc(=O)c13)C(=O)c1c(O)c([C@H]3C[C@](C)(N(C)C)[C@H](O)[C@@H](C)O3)cc([C@H]3C[C@@H](N(C)C)[C@H](O)[C@@H](C)O3)c1C2=O. The number of hydrogen-bond donors (Lipinski definition) is 3. The van der Waals surface area contributed by atoms with Crippen LogP contribution in [0.15, 0.2) is 27.4 Å². The van der Waals surface area contributed by atoms with E-state index in [1.165, 1.54) is 12.1 Å². The van der Waals surface area contributed by atoms with Gasteiger partial charge in [0.2, 0.25) is 5.78 Å². The van der Waals surface area contributed by atoms with Crippen molar-refractivity contribution in [2.24, 2.45) is 0 Å². The predicted octanol–water partition coefficient (Wildman–Crippen LogP) is 3.66.